The molecule has 1 saturated heterocycles. The van der Waals surface area contributed by atoms with E-state index < -0.39 is 0 Å². The van der Waals surface area contributed by atoms with Gasteiger partial charge in [-0.25, -0.2) is 0 Å². The molecule has 1 aromatic rings. The number of carbonyl (C=O) groups excluding carboxylic acids is 1. The second-order valence-electron chi connectivity index (χ2n) is 6.45. The summed E-state index contributed by atoms with van der Waals surface area (Å²) < 4.78 is 5.52. The van der Waals surface area contributed by atoms with Gasteiger partial charge in [0, 0.05) is 37.1 Å². The van der Waals surface area contributed by atoms with Gasteiger partial charge in [-0.05, 0) is 30.5 Å². The number of hydrogen-bond acceptors (Lipinski definition) is 2. The van der Waals surface area contributed by atoms with Crippen LogP contribution in [0.5, 0.6) is 0 Å². The topological polar surface area (TPSA) is 29.5 Å². The third-order valence-electron chi connectivity index (χ3n) is 4.28. The molecule has 0 bridgehead atoms. The third-order valence-corrected chi connectivity index (χ3v) is 4.52. The van der Waals surface area contributed by atoms with Gasteiger partial charge in [0.25, 0.3) is 0 Å². The Hall–Kier alpha value is -1.06. The number of aryl methyl sites for hydroxylation is 1. The second-order valence-corrected chi connectivity index (χ2v) is 6.88. The number of hydrogen-bond donors (Lipinski definition) is 0. The standard InChI is InChI=1S/C17H24ClNO2/c1-17(2)12-19(10-9-15(17)21-3)16(20)8-7-13-5-4-6-14(18)11-13/h4-6,11,15H,7-10,12H2,1-3H3. The number of rotatable bonds is 4. The van der Waals surface area contributed by atoms with Crippen LogP contribution in [0.1, 0.15) is 32.3 Å². The van der Waals surface area contributed by atoms with Gasteiger partial charge in [0.15, 0.2) is 0 Å². The minimum Gasteiger partial charge on any atom is -0.381 e. The molecule has 1 atom stereocenters. The van der Waals surface area contributed by atoms with E-state index in [1.54, 1.807) is 7.11 Å². The van der Waals surface area contributed by atoms with Gasteiger partial charge in [0.1, 0.15) is 0 Å². The average molecular weight is 310 g/mol. The number of ether oxygens (including phenoxy) is 1. The average Bonchev–Trinajstić information content (AvgIpc) is 2.43. The number of likely N-dealkylation sites (tertiary alicyclic amines) is 1. The molecule has 0 spiro atoms. The fraction of sp³-hybridized carbons (Fsp3) is 0.588. The van der Waals surface area contributed by atoms with E-state index in [0.29, 0.717) is 6.42 Å². The van der Waals surface area contributed by atoms with E-state index in [9.17, 15) is 4.79 Å². The van der Waals surface area contributed by atoms with Gasteiger partial charge in [-0.15, -0.1) is 0 Å². The number of benzene rings is 1. The van der Waals surface area contributed by atoms with Crippen molar-refractivity contribution in [1.82, 2.24) is 4.90 Å². The lowest BCUT2D eigenvalue weighted by Gasteiger charge is -2.43. The first-order valence-electron chi connectivity index (χ1n) is 7.47. The van der Waals surface area contributed by atoms with Crippen LogP contribution in [0.2, 0.25) is 5.02 Å². The van der Waals surface area contributed by atoms with Crippen LogP contribution in [0.15, 0.2) is 24.3 Å². The molecule has 1 heterocycles. The van der Waals surface area contributed by atoms with E-state index in [-0.39, 0.29) is 17.4 Å². The monoisotopic (exact) mass is 309 g/mol. The molecule has 1 unspecified atom stereocenters. The van der Waals surface area contributed by atoms with Crippen molar-refractivity contribution < 1.29 is 9.53 Å². The zero-order valence-electron chi connectivity index (χ0n) is 13.1. The van der Waals surface area contributed by atoms with Gasteiger partial charge in [-0.3, -0.25) is 4.79 Å². The van der Waals surface area contributed by atoms with Crippen molar-refractivity contribution in [2.45, 2.75) is 39.2 Å². The smallest absolute Gasteiger partial charge is 0.222 e. The Kier molecular flexibility index (Phi) is 5.28. The molecule has 21 heavy (non-hydrogen) atoms. The summed E-state index contributed by atoms with van der Waals surface area (Å²) in [6, 6.07) is 7.72. The number of amides is 1. The summed E-state index contributed by atoms with van der Waals surface area (Å²) in [4.78, 5) is 14.4. The molecular formula is C17H24ClNO2. The third kappa shape index (κ3) is 4.21. The Morgan fingerprint density at radius 3 is 2.86 bits per heavy atom. The fourth-order valence-electron chi connectivity index (χ4n) is 3.09. The Morgan fingerprint density at radius 2 is 2.24 bits per heavy atom. The first-order chi connectivity index (χ1) is 9.92. The molecule has 0 aromatic heterocycles. The predicted octanol–water partition coefficient (Wildman–Crippen LogP) is 3.55. The van der Waals surface area contributed by atoms with Crippen molar-refractivity contribution >= 4 is 17.5 Å². The van der Waals surface area contributed by atoms with E-state index in [1.807, 2.05) is 29.2 Å². The number of carbonyl (C=O) groups is 1. The molecule has 1 aliphatic heterocycles. The highest BCUT2D eigenvalue weighted by Gasteiger charge is 2.37. The van der Waals surface area contributed by atoms with Crippen LogP contribution in [0.25, 0.3) is 0 Å². The van der Waals surface area contributed by atoms with Gasteiger partial charge in [-0.2, -0.15) is 0 Å². The summed E-state index contributed by atoms with van der Waals surface area (Å²) in [6.45, 7) is 5.88. The molecule has 1 aromatic carbocycles. The number of piperidine rings is 1. The van der Waals surface area contributed by atoms with Crippen molar-refractivity contribution in [3.05, 3.63) is 34.9 Å². The van der Waals surface area contributed by atoms with E-state index in [2.05, 4.69) is 13.8 Å². The van der Waals surface area contributed by atoms with Gasteiger partial charge in [0.05, 0.1) is 6.10 Å². The maximum Gasteiger partial charge on any atom is 0.222 e. The lowest BCUT2D eigenvalue weighted by molar-refractivity contribution is -0.139. The molecule has 0 aliphatic carbocycles. The van der Waals surface area contributed by atoms with Crippen LogP contribution < -0.4 is 0 Å². The van der Waals surface area contributed by atoms with Crippen LogP contribution >= 0.6 is 11.6 Å². The Labute approximate surface area is 132 Å². The van der Waals surface area contributed by atoms with E-state index in [0.717, 1.165) is 36.5 Å². The zero-order chi connectivity index (χ0) is 15.5. The lowest BCUT2D eigenvalue weighted by Crippen LogP contribution is -2.51. The van der Waals surface area contributed by atoms with Crippen LogP contribution in [0, 0.1) is 5.41 Å². The molecule has 4 heteroatoms. The van der Waals surface area contributed by atoms with Crippen molar-refractivity contribution in [2.75, 3.05) is 20.2 Å². The Morgan fingerprint density at radius 1 is 1.48 bits per heavy atom. The molecule has 0 N–H and O–H groups in total. The van der Waals surface area contributed by atoms with E-state index in [1.165, 1.54) is 0 Å². The highest BCUT2D eigenvalue weighted by Crippen LogP contribution is 2.31. The van der Waals surface area contributed by atoms with Crippen LogP contribution in [0.3, 0.4) is 0 Å². The highest BCUT2D eigenvalue weighted by molar-refractivity contribution is 6.30. The van der Waals surface area contributed by atoms with Crippen molar-refractivity contribution in [2.24, 2.45) is 5.41 Å². The summed E-state index contributed by atoms with van der Waals surface area (Å²) in [5.74, 6) is 0.220. The van der Waals surface area contributed by atoms with Gasteiger partial charge < -0.3 is 9.64 Å². The lowest BCUT2D eigenvalue weighted by atomic mass is 9.81. The van der Waals surface area contributed by atoms with Crippen LogP contribution in [-0.4, -0.2) is 37.1 Å². The SMILES string of the molecule is COC1CCN(C(=O)CCc2cccc(Cl)c2)CC1(C)C. The largest absolute Gasteiger partial charge is 0.381 e. The molecule has 1 fully saturated rings. The molecule has 0 radical (unpaired) electrons. The highest BCUT2D eigenvalue weighted by atomic mass is 35.5. The first kappa shape index (κ1) is 16.3. The van der Waals surface area contributed by atoms with Gasteiger partial charge in [0.2, 0.25) is 5.91 Å². The number of nitrogens with zero attached hydrogens (tertiary/aromatic N) is 1. The summed E-state index contributed by atoms with van der Waals surface area (Å²) in [5.41, 5.74) is 1.13. The van der Waals surface area contributed by atoms with E-state index >= 15 is 0 Å². The maximum atomic E-state index is 12.4. The zero-order valence-corrected chi connectivity index (χ0v) is 13.8. The quantitative estimate of drug-likeness (QED) is 0.851. The minimum absolute atomic E-state index is 0.0126. The minimum atomic E-state index is 0.0126. The Balaban J connectivity index is 1.89. The number of halogens is 1. The fourth-order valence-corrected chi connectivity index (χ4v) is 3.30. The molecule has 116 valence electrons. The molecular weight excluding hydrogens is 286 g/mol. The number of methoxy groups -OCH3 is 1. The second kappa shape index (κ2) is 6.80. The molecule has 2 rings (SSSR count). The summed E-state index contributed by atoms with van der Waals surface area (Å²) in [5, 5.41) is 0.724. The molecule has 3 nitrogen and oxygen atoms in total. The predicted molar refractivity (Wildman–Crippen MR) is 85.5 cm³/mol. The summed E-state index contributed by atoms with van der Waals surface area (Å²) >= 11 is 5.97. The first-order valence-corrected chi connectivity index (χ1v) is 7.85. The summed E-state index contributed by atoms with van der Waals surface area (Å²) in [6.07, 6.45) is 2.42. The van der Waals surface area contributed by atoms with Crippen molar-refractivity contribution in [3.8, 4) is 0 Å². The van der Waals surface area contributed by atoms with Crippen LogP contribution in [0.4, 0.5) is 0 Å². The maximum absolute atomic E-state index is 12.4. The van der Waals surface area contributed by atoms with Gasteiger partial charge in [-0.1, -0.05) is 37.6 Å². The van der Waals surface area contributed by atoms with E-state index in [4.69, 9.17) is 16.3 Å². The van der Waals surface area contributed by atoms with Crippen LogP contribution in [-0.2, 0) is 16.0 Å². The summed E-state index contributed by atoms with van der Waals surface area (Å²) in [7, 11) is 1.75. The molecule has 1 aliphatic rings. The Bertz CT molecular complexity index is 501. The van der Waals surface area contributed by atoms with Crippen molar-refractivity contribution in [3.63, 3.8) is 0 Å². The molecule has 0 saturated carbocycles. The normalized spacial score (nSPS) is 21.3. The van der Waals surface area contributed by atoms with Gasteiger partial charge >= 0.3 is 0 Å². The molecule has 1 amide bonds. The van der Waals surface area contributed by atoms with Crippen molar-refractivity contribution in [1.29, 1.82) is 0 Å².